The molecule has 1 spiro atoms. The minimum atomic E-state index is 0. The second-order valence-electron chi connectivity index (χ2n) is 8.78. The molecule has 0 radical (unpaired) electrons. The minimum absolute atomic E-state index is 0. The number of benzene rings is 1. The first kappa shape index (κ1) is 15.7. The summed E-state index contributed by atoms with van der Waals surface area (Å²) in [4.78, 5) is 18.1. The first-order chi connectivity index (χ1) is 12.3. The molecule has 1 aromatic carbocycles. The Bertz CT molecular complexity index is 854. The number of carbonyl (C=O) groups is 1. The van der Waals surface area contributed by atoms with E-state index in [1.807, 2.05) is 0 Å². The van der Waals surface area contributed by atoms with Gasteiger partial charge in [-0.15, -0.1) is 12.4 Å². The summed E-state index contributed by atoms with van der Waals surface area (Å²) in [5, 5.41) is 0. The molecule has 7 rings (SSSR count). The molecular weight excluding hydrogens is 348 g/mol. The molecule has 2 unspecified atom stereocenters. The largest absolute Gasteiger partial charge is 0.373 e. The van der Waals surface area contributed by atoms with Gasteiger partial charge in [-0.25, -0.2) is 0 Å². The van der Waals surface area contributed by atoms with Crippen molar-refractivity contribution in [1.82, 2.24) is 4.90 Å². The predicted octanol–water partition coefficient (Wildman–Crippen LogP) is 2.51. The molecule has 136 valence electrons. The molecule has 4 fully saturated rings. The third kappa shape index (κ3) is 1.52. The number of carbonyl (C=O) groups excluding carboxylic acids is 1. The maximum absolute atomic E-state index is 13.2. The number of halogens is 1. The van der Waals surface area contributed by atoms with Gasteiger partial charge in [0.25, 0.3) is 0 Å². The van der Waals surface area contributed by atoms with Crippen molar-refractivity contribution < 1.29 is 9.53 Å². The molecule has 2 bridgehead atoms. The molecule has 6 aliphatic rings. The van der Waals surface area contributed by atoms with Crippen molar-refractivity contribution in [2.45, 2.75) is 42.9 Å². The summed E-state index contributed by atoms with van der Waals surface area (Å²) >= 11 is 0. The van der Waals surface area contributed by atoms with Gasteiger partial charge in [-0.2, -0.15) is 0 Å². The third-order valence-corrected chi connectivity index (χ3v) is 8.22. The van der Waals surface area contributed by atoms with Gasteiger partial charge in [0.05, 0.1) is 25.2 Å². The van der Waals surface area contributed by atoms with E-state index in [9.17, 15) is 4.79 Å². The van der Waals surface area contributed by atoms with E-state index in [1.165, 1.54) is 30.6 Å². The molecule has 5 heterocycles. The zero-order chi connectivity index (χ0) is 16.3. The van der Waals surface area contributed by atoms with E-state index in [1.54, 1.807) is 5.57 Å². The number of hydrogen-bond acceptors (Lipinski definition) is 3. The maximum Gasteiger partial charge on any atom is 0.229 e. The quantitative estimate of drug-likeness (QED) is 0.658. The van der Waals surface area contributed by atoms with Crippen LogP contribution in [-0.2, 0) is 14.9 Å². The number of amides is 1. The molecule has 26 heavy (non-hydrogen) atoms. The Balaban J connectivity index is 0.00000137. The first-order valence-corrected chi connectivity index (χ1v) is 9.75. The van der Waals surface area contributed by atoms with E-state index < -0.39 is 0 Å². The fourth-order valence-electron chi connectivity index (χ4n) is 7.51. The monoisotopic (exact) mass is 370 g/mol. The summed E-state index contributed by atoms with van der Waals surface area (Å²) in [6.45, 7) is 2.97. The zero-order valence-corrected chi connectivity index (χ0v) is 15.5. The number of rotatable bonds is 0. The molecule has 6 atom stereocenters. The summed E-state index contributed by atoms with van der Waals surface area (Å²) in [5.41, 5.74) is 4.35. The van der Waals surface area contributed by atoms with Crippen LogP contribution in [0.3, 0.4) is 0 Å². The van der Waals surface area contributed by atoms with E-state index in [0.717, 1.165) is 6.54 Å². The lowest BCUT2D eigenvalue weighted by molar-refractivity contribution is -0.132. The Morgan fingerprint density at radius 1 is 1.23 bits per heavy atom. The van der Waals surface area contributed by atoms with E-state index in [-0.39, 0.29) is 29.8 Å². The highest BCUT2D eigenvalue weighted by Gasteiger charge is 2.70. The van der Waals surface area contributed by atoms with Crippen molar-refractivity contribution in [3.8, 4) is 0 Å². The van der Waals surface area contributed by atoms with Crippen molar-refractivity contribution >= 4 is 24.0 Å². The molecule has 0 aromatic heterocycles. The number of hydrogen-bond donors (Lipinski definition) is 0. The standard InChI is InChI=1S/C21H22N2O2.ClH/c24-18-10-16-19-13-9-17-21(6-7-22(17)11-12(13)5-8-25-16)14-3-1-2-4-15(14)23(18)20(19)21;/h1-5,13,16-17,19-20H,6-11H2;1H/t13-,16?,17-,19-,20?,21+;/m0./s1. The summed E-state index contributed by atoms with van der Waals surface area (Å²) in [5.74, 6) is 1.35. The van der Waals surface area contributed by atoms with Crippen LogP contribution in [0.5, 0.6) is 0 Å². The molecule has 0 N–H and O–H groups in total. The second-order valence-corrected chi connectivity index (χ2v) is 8.78. The van der Waals surface area contributed by atoms with Crippen LogP contribution >= 0.6 is 12.4 Å². The Hall–Kier alpha value is -1.36. The molecule has 4 nitrogen and oxygen atoms in total. The molecule has 1 aromatic rings. The average molecular weight is 371 g/mol. The van der Waals surface area contributed by atoms with E-state index in [4.69, 9.17) is 4.74 Å². The lowest BCUT2D eigenvalue weighted by Gasteiger charge is -2.58. The summed E-state index contributed by atoms with van der Waals surface area (Å²) < 4.78 is 6.25. The first-order valence-electron chi connectivity index (χ1n) is 9.75. The number of piperidine rings is 2. The number of ether oxygens (including phenoxy) is 1. The molecule has 1 saturated carbocycles. The van der Waals surface area contributed by atoms with Gasteiger partial charge < -0.3 is 9.64 Å². The van der Waals surface area contributed by atoms with Crippen LogP contribution in [0, 0.1) is 11.8 Å². The van der Waals surface area contributed by atoms with Crippen molar-refractivity contribution in [2.75, 3.05) is 24.6 Å². The van der Waals surface area contributed by atoms with Gasteiger partial charge in [0, 0.05) is 29.6 Å². The lowest BCUT2D eigenvalue weighted by Crippen LogP contribution is -2.69. The van der Waals surface area contributed by atoms with Crippen molar-refractivity contribution in [3.63, 3.8) is 0 Å². The van der Waals surface area contributed by atoms with Crippen LogP contribution in [0.2, 0.25) is 0 Å². The Labute approximate surface area is 159 Å². The van der Waals surface area contributed by atoms with Gasteiger partial charge in [0.2, 0.25) is 5.91 Å². The van der Waals surface area contributed by atoms with Gasteiger partial charge in [-0.3, -0.25) is 9.69 Å². The number of anilines is 1. The van der Waals surface area contributed by atoms with Gasteiger partial charge in [-0.05, 0) is 36.9 Å². The Morgan fingerprint density at radius 2 is 2.12 bits per heavy atom. The summed E-state index contributed by atoms with van der Waals surface area (Å²) in [7, 11) is 0. The molecular formula is C21H23ClN2O2. The summed E-state index contributed by atoms with van der Waals surface area (Å²) in [6, 6.07) is 9.64. The highest BCUT2D eigenvalue weighted by atomic mass is 35.5. The topological polar surface area (TPSA) is 32.8 Å². The van der Waals surface area contributed by atoms with Crippen molar-refractivity contribution in [3.05, 3.63) is 41.5 Å². The van der Waals surface area contributed by atoms with Gasteiger partial charge >= 0.3 is 0 Å². The van der Waals surface area contributed by atoms with Crippen molar-refractivity contribution in [2.24, 2.45) is 11.8 Å². The third-order valence-electron chi connectivity index (χ3n) is 8.22. The molecule has 5 aliphatic heterocycles. The smallest absolute Gasteiger partial charge is 0.229 e. The SMILES string of the molecule is Cl.O=C1CC2OCC=C3CN4CC[C@]56c7ccccc7N1C5[C@H]2[C@H]3C[C@H]46. The van der Waals surface area contributed by atoms with Crippen LogP contribution in [0.4, 0.5) is 5.69 Å². The Morgan fingerprint density at radius 3 is 3.04 bits per heavy atom. The predicted molar refractivity (Wildman–Crippen MR) is 101 cm³/mol. The van der Waals surface area contributed by atoms with Gasteiger partial charge in [-0.1, -0.05) is 29.8 Å². The fourth-order valence-corrected chi connectivity index (χ4v) is 7.51. The van der Waals surface area contributed by atoms with E-state index >= 15 is 0 Å². The summed E-state index contributed by atoms with van der Waals surface area (Å²) in [6.07, 6.45) is 5.43. The van der Waals surface area contributed by atoms with Crippen LogP contribution in [0.25, 0.3) is 0 Å². The second kappa shape index (κ2) is 4.92. The lowest BCUT2D eigenvalue weighted by atomic mass is 9.53. The van der Waals surface area contributed by atoms with Crippen LogP contribution < -0.4 is 4.90 Å². The highest BCUT2D eigenvalue weighted by Crippen LogP contribution is 2.65. The number of fused-ring (bicyclic) bond motifs is 2. The average Bonchev–Trinajstić information content (AvgIpc) is 3.10. The fraction of sp³-hybridized carbons (Fsp3) is 0.571. The molecule has 1 aliphatic carbocycles. The van der Waals surface area contributed by atoms with E-state index in [0.29, 0.717) is 36.9 Å². The van der Waals surface area contributed by atoms with Crippen LogP contribution in [0.1, 0.15) is 24.8 Å². The zero-order valence-electron chi connectivity index (χ0n) is 14.6. The molecule has 5 heteroatoms. The van der Waals surface area contributed by atoms with Gasteiger partial charge in [0.15, 0.2) is 0 Å². The van der Waals surface area contributed by atoms with E-state index in [2.05, 4.69) is 40.1 Å². The molecule has 3 saturated heterocycles. The number of nitrogens with zero attached hydrogens (tertiary/aromatic N) is 2. The van der Waals surface area contributed by atoms with Crippen LogP contribution in [-0.4, -0.2) is 48.7 Å². The normalized spacial score (nSPS) is 44.2. The van der Waals surface area contributed by atoms with Crippen molar-refractivity contribution in [1.29, 1.82) is 0 Å². The molecule has 1 amide bonds. The highest BCUT2D eigenvalue weighted by molar-refractivity contribution is 5.99. The minimum Gasteiger partial charge on any atom is -0.373 e. The maximum atomic E-state index is 13.2. The van der Waals surface area contributed by atoms with Crippen LogP contribution in [0.15, 0.2) is 35.9 Å². The Kier molecular flexibility index (Phi) is 2.96. The number of para-hydroxylation sites is 1. The van der Waals surface area contributed by atoms with Gasteiger partial charge in [0.1, 0.15) is 0 Å².